The second-order valence-corrected chi connectivity index (χ2v) is 7.96. The van der Waals surface area contributed by atoms with E-state index in [4.69, 9.17) is 0 Å². The van der Waals surface area contributed by atoms with Gasteiger partial charge in [0, 0.05) is 38.1 Å². The quantitative estimate of drug-likeness (QED) is 0.840. The molecular formula is C16H19FN4O2S. The van der Waals surface area contributed by atoms with Crippen LogP contribution in [0.15, 0.2) is 41.6 Å². The van der Waals surface area contributed by atoms with E-state index in [0.717, 1.165) is 31.3 Å². The fourth-order valence-corrected chi connectivity index (χ4v) is 3.38. The number of sulfone groups is 1. The summed E-state index contributed by atoms with van der Waals surface area (Å²) in [5.74, 6) is 1.16. The highest BCUT2D eigenvalue weighted by Gasteiger charge is 2.25. The van der Waals surface area contributed by atoms with Gasteiger partial charge in [0.1, 0.15) is 17.5 Å². The van der Waals surface area contributed by atoms with Crippen molar-refractivity contribution < 1.29 is 12.8 Å². The first-order chi connectivity index (χ1) is 11.3. The summed E-state index contributed by atoms with van der Waals surface area (Å²) in [6.45, 7) is 4.26. The Bertz CT molecular complexity index is 809. The second kappa shape index (κ2) is 6.35. The van der Waals surface area contributed by atoms with Gasteiger partial charge in [-0.25, -0.2) is 22.8 Å². The average molecular weight is 350 g/mol. The predicted octanol–water partition coefficient (Wildman–Crippen LogP) is 1.73. The van der Waals surface area contributed by atoms with Gasteiger partial charge in [0.15, 0.2) is 9.84 Å². The normalized spacial score (nSPS) is 18.7. The molecule has 3 rings (SSSR count). The molecule has 0 bridgehead atoms. The highest BCUT2D eigenvalue weighted by atomic mass is 32.2. The highest BCUT2D eigenvalue weighted by molar-refractivity contribution is 7.90. The van der Waals surface area contributed by atoms with E-state index in [0.29, 0.717) is 0 Å². The van der Waals surface area contributed by atoms with Gasteiger partial charge in [0.25, 0.3) is 0 Å². The van der Waals surface area contributed by atoms with Crippen LogP contribution >= 0.6 is 0 Å². The van der Waals surface area contributed by atoms with E-state index in [2.05, 4.69) is 26.7 Å². The Morgan fingerprint density at radius 2 is 1.79 bits per heavy atom. The third kappa shape index (κ3) is 3.48. The van der Waals surface area contributed by atoms with Gasteiger partial charge in [-0.2, -0.15) is 0 Å². The van der Waals surface area contributed by atoms with Gasteiger partial charge < -0.3 is 9.80 Å². The van der Waals surface area contributed by atoms with E-state index in [-0.39, 0.29) is 16.8 Å². The molecule has 0 aromatic carbocycles. The third-order valence-corrected chi connectivity index (χ3v) is 5.20. The van der Waals surface area contributed by atoms with Crippen LogP contribution in [0.1, 0.15) is 6.92 Å². The van der Waals surface area contributed by atoms with E-state index >= 15 is 0 Å². The second-order valence-electron chi connectivity index (χ2n) is 5.95. The lowest BCUT2D eigenvalue weighted by atomic mass is 10.2. The number of pyridine rings is 2. The maximum Gasteiger partial charge on any atom is 0.177 e. The summed E-state index contributed by atoms with van der Waals surface area (Å²) >= 11 is 0. The van der Waals surface area contributed by atoms with Gasteiger partial charge in [-0.15, -0.1) is 0 Å². The number of aromatic nitrogens is 2. The minimum atomic E-state index is -3.24. The highest BCUT2D eigenvalue weighted by Crippen LogP contribution is 2.22. The van der Waals surface area contributed by atoms with Crippen LogP contribution in [-0.4, -0.2) is 50.3 Å². The van der Waals surface area contributed by atoms with Crippen molar-refractivity contribution in [1.82, 2.24) is 9.97 Å². The average Bonchev–Trinajstić information content (AvgIpc) is 2.55. The summed E-state index contributed by atoms with van der Waals surface area (Å²) in [7, 11) is -3.24. The molecule has 1 fully saturated rings. The Hall–Kier alpha value is -2.22. The number of anilines is 2. The molecule has 24 heavy (non-hydrogen) atoms. The Balaban J connectivity index is 1.72. The van der Waals surface area contributed by atoms with E-state index in [1.807, 2.05) is 0 Å². The van der Waals surface area contributed by atoms with Gasteiger partial charge in [0.2, 0.25) is 0 Å². The molecular weight excluding hydrogens is 331 g/mol. The molecule has 6 nitrogen and oxygen atoms in total. The molecule has 1 saturated heterocycles. The molecule has 0 radical (unpaired) electrons. The molecule has 8 heteroatoms. The molecule has 0 spiro atoms. The van der Waals surface area contributed by atoms with Crippen molar-refractivity contribution in [2.24, 2.45) is 0 Å². The molecule has 2 aromatic heterocycles. The van der Waals surface area contributed by atoms with E-state index in [1.54, 1.807) is 18.2 Å². The monoisotopic (exact) mass is 350 g/mol. The maximum absolute atomic E-state index is 13.0. The van der Waals surface area contributed by atoms with E-state index in [9.17, 15) is 12.8 Å². The first-order valence-corrected chi connectivity index (χ1v) is 9.53. The summed E-state index contributed by atoms with van der Waals surface area (Å²) < 4.78 is 36.0. The number of halogens is 1. The predicted molar refractivity (Wildman–Crippen MR) is 90.6 cm³/mol. The van der Waals surface area contributed by atoms with Gasteiger partial charge in [0.05, 0.1) is 11.1 Å². The van der Waals surface area contributed by atoms with Crippen LogP contribution in [0.5, 0.6) is 0 Å². The number of hydrogen-bond acceptors (Lipinski definition) is 6. The fraction of sp³-hybridized carbons (Fsp3) is 0.375. The molecule has 1 aliphatic rings. The molecule has 0 aliphatic carbocycles. The van der Waals surface area contributed by atoms with Crippen molar-refractivity contribution in [3.63, 3.8) is 0 Å². The topological polar surface area (TPSA) is 66.4 Å². The van der Waals surface area contributed by atoms with Crippen LogP contribution in [-0.2, 0) is 9.84 Å². The largest absolute Gasteiger partial charge is 0.353 e. The van der Waals surface area contributed by atoms with Crippen molar-refractivity contribution >= 4 is 21.5 Å². The zero-order chi connectivity index (χ0) is 17.3. The van der Waals surface area contributed by atoms with Crippen molar-refractivity contribution in [1.29, 1.82) is 0 Å². The zero-order valence-electron chi connectivity index (χ0n) is 13.6. The lowest BCUT2D eigenvalue weighted by Crippen LogP contribution is -2.52. The van der Waals surface area contributed by atoms with E-state index < -0.39 is 9.84 Å². The smallest absolute Gasteiger partial charge is 0.177 e. The zero-order valence-corrected chi connectivity index (χ0v) is 14.4. The number of hydrogen-bond donors (Lipinski definition) is 0. The minimum absolute atomic E-state index is 0.174. The number of rotatable bonds is 3. The molecule has 0 amide bonds. The van der Waals surface area contributed by atoms with Crippen LogP contribution in [0.4, 0.5) is 16.0 Å². The standard InChI is InChI=1S/C16H19FN4O2S/c1-12-11-20(15-6-4-14(10-19-15)24(2,22)23)7-8-21(12)16-5-3-13(17)9-18-16/h3-6,9-10,12H,7-8,11H2,1-2H3. The first-order valence-electron chi connectivity index (χ1n) is 7.64. The minimum Gasteiger partial charge on any atom is -0.353 e. The molecule has 1 aliphatic heterocycles. The summed E-state index contributed by atoms with van der Waals surface area (Å²) in [6, 6.07) is 6.58. The molecule has 0 saturated carbocycles. The molecule has 1 unspecified atom stereocenters. The third-order valence-electron chi connectivity index (χ3n) is 4.11. The van der Waals surface area contributed by atoms with Crippen LogP contribution in [0.3, 0.4) is 0 Å². The summed E-state index contributed by atoms with van der Waals surface area (Å²) in [5, 5.41) is 0. The SMILES string of the molecule is CC1CN(c2ccc(S(C)(=O)=O)cn2)CCN1c1ccc(F)cn1. The summed E-state index contributed by atoms with van der Waals surface area (Å²) in [6.07, 6.45) is 3.78. The number of nitrogens with zero attached hydrogens (tertiary/aromatic N) is 4. The van der Waals surface area contributed by atoms with Crippen molar-refractivity contribution in [3.8, 4) is 0 Å². The van der Waals surface area contributed by atoms with Crippen LogP contribution in [0, 0.1) is 5.82 Å². The molecule has 128 valence electrons. The lowest BCUT2D eigenvalue weighted by molar-refractivity contribution is 0.540. The lowest BCUT2D eigenvalue weighted by Gasteiger charge is -2.41. The molecule has 1 atom stereocenters. The van der Waals surface area contributed by atoms with E-state index in [1.165, 1.54) is 24.7 Å². The molecule has 3 heterocycles. The van der Waals surface area contributed by atoms with Crippen molar-refractivity contribution in [2.45, 2.75) is 17.9 Å². The maximum atomic E-state index is 13.0. The van der Waals surface area contributed by atoms with Gasteiger partial charge in [-0.3, -0.25) is 0 Å². The van der Waals surface area contributed by atoms with Crippen molar-refractivity contribution in [3.05, 3.63) is 42.5 Å². The Morgan fingerprint density at radius 1 is 1.08 bits per heavy atom. The fourth-order valence-electron chi connectivity index (χ4n) is 2.82. The van der Waals surface area contributed by atoms with Crippen LogP contribution in [0.25, 0.3) is 0 Å². The van der Waals surface area contributed by atoms with Gasteiger partial charge in [-0.05, 0) is 31.2 Å². The first kappa shape index (κ1) is 16.6. The molecule has 0 N–H and O–H groups in total. The Labute approximate surface area is 140 Å². The Morgan fingerprint density at radius 3 is 2.33 bits per heavy atom. The summed E-state index contributed by atoms with van der Waals surface area (Å²) in [4.78, 5) is 12.9. The van der Waals surface area contributed by atoms with Crippen LogP contribution in [0.2, 0.25) is 0 Å². The summed E-state index contributed by atoms with van der Waals surface area (Å²) in [5.41, 5.74) is 0. The molecule has 2 aromatic rings. The number of piperazine rings is 1. The van der Waals surface area contributed by atoms with Crippen molar-refractivity contribution in [2.75, 3.05) is 35.7 Å². The van der Waals surface area contributed by atoms with Gasteiger partial charge >= 0.3 is 0 Å². The van der Waals surface area contributed by atoms with Crippen LogP contribution < -0.4 is 9.80 Å². The van der Waals surface area contributed by atoms with Gasteiger partial charge in [-0.1, -0.05) is 0 Å². The Kier molecular flexibility index (Phi) is 4.40.